The molecule has 0 saturated carbocycles. The van der Waals surface area contributed by atoms with E-state index >= 15 is 0 Å². The van der Waals surface area contributed by atoms with Crippen LogP contribution in [0, 0.1) is 5.92 Å². The standard InChI is InChI=1S/C16H31N3O2/c1-21-11-7-17-12-15-6-5-8-18(13-15)14-16(20)19-9-3-2-4-10-19/h15,17H,2-14H2,1H3. The summed E-state index contributed by atoms with van der Waals surface area (Å²) in [7, 11) is 1.73. The van der Waals surface area contributed by atoms with Gasteiger partial charge >= 0.3 is 0 Å². The third-order valence-electron chi connectivity index (χ3n) is 4.59. The van der Waals surface area contributed by atoms with Crippen LogP contribution in [0.1, 0.15) is 32.1 Å². The Morgan fingerprint density at radius 3 is 2.76 bits per heavy atom. The summed E-state index contributed by atoms with van der Waals surface area (Å²) in [6.45, 7) is 7.41. The topological polar surface area (TPSA) is 44.8 Å². The molecule has 1 unspecified atom stereocenters. The first-order valence-electron chi connectivity index (χ1n) is 8.49. The van der Waals surface area contributed by atoms with Gasteiger partial charge in [0.2, 0.25) is 5.91 Å². The molecule has 0 aliphatic carbocycles. The monoisotopic (exact) mass is 297 g/mol. The van der Waals surface area contributed by atoms with Crippen molar-refractivity contribution in [3.63, 3.8) is 0 Å². The van der Waals surface area contributed by atoms with Gasteiger partial charge in [0, 0.05) is 33.3 Å². The van der Waals surface area contributed by atoms with Gasteiger partial charge in [-0.05, 0) is 51.1 Å². The number of carbonyl (C=O) groups excluding carboxylic acids is 1. The number of nitrogens with one attached hydrogen (secondary N) is 1. The molecule has 2 fully saturated rings. The smallest absolute Gasteiger partial charge is 0.236 e. The van der Waals surface area contributed by atoms with Crippen LogP contribution in [0.5, 0.6) is 0 Å². The first-order valence-corrected chi connectivity index (χ1v) is 8.49. The number of hydrogen-bond acceptors (Lipinski definition) is 4. The Morgan fingerprint density at radius 1 is 1.19 bits per heavy atom. The Labute approximate surface area is 129 Å². The average Bonchev–Trinajstić information content (AvgIpc) is 2.53. The van der Waals surface area contributed by atoms with Crippen LogP contribution in [0.2, 0.25) is 0 Å². The van der Waals surface area contributed by atoms with Gasteiger partial charge in [0.25, 0.3) is 0 Å². The third kappa shape index (κ3) is 5.93. The van der Waals surface area contributed by atoms with Crippen molar-refractivity contribution in [1.29, 1.82) is 0 Å². The van der Waals surface area contributed by atoms with Crippen LogP contribution in [0.25, 0.3) is 0 Å². The third-order valence-corrected chi connectivity index (χ3v) is 4.59. The molecule has 5 heteroatoms. The van der Waals surface area contributed by atoms with Crippen molar-refractivity contribution in [2.45, 2.75) is 32.1 Å². The van der Waals surface area contributed by atoms with E-state index in [1.807, 2.05) is 0 Å². The molecular weight excluding hydrogens is 266 g/mol. The normalized spacial score (nSPS) is 24.2. The maximum absolute atomic E-state index is 12.3. The molecule has 0 aromatic heterocycles. The quantitative estimate of drug-likeness (QED) is 0.711. The van der Waals surface area contributed by atoms with E-state index in [1.165, 1.54) is 32.1 Å². The van der Waals surface area contributed by atoms with E-state index in [9.17, 15) is 4.79 Å². The minimum atomic E-state index is 0.336. The van der Waals surface area contributed by atoms with Crippen molar-refractivity contribution in [2.75, 3.05) is 59.5 Å². The summed E-state index contributed by atoms with van der Waals surface area (Å²) in [5.74, 6) is 1.01. The van der Waals surface area contributed by atoms with Crippen LogP contribution in [0.15, 0.2) is 0 Å². The predicted octanol–water partition coefficient (Wildman–Crippen LogP) is 0.947. The molecule has 2 rings (SSSR count). The van der Waals surface area contributed by atoms with Crippen molar-refractivity contribution in [1.82, 2.24) is 15.1 Å². The lowest BCUT2D eigenvalue weighted by Gasteiger charge is -2.34. The van der Waals surface area contributed by atoms with E-state index < -0.39 is 0 Å². The van der Waals surface area contributed by atoms with Crippen LogP contribution in [0.3, 0.4) is 0 Å². The first-order chi connectivity index (χ1) is 10.3. The zero-order valence-electron chi connectivity index (χ0n) is 13.5. The molecule has 0 spiro atoms. The predicted molar refractivity (Wildman–Crippen MR) is 84.3 cm³/mol. The number of carbonyl (C=O) groups is 1. The molecule has 0 aromatic carbocycles. The lowest BCUT2D eigenvalue weighted by atomic mass is 9.98. The molecule has 0 bridgehead atoms. The Bertz CT molecular complexity index is 306. The largest absolute Gasteiger partial charge is 0.383 e. The summed E-state index contributed by atoms with van der Waals surface area (Å²) < 4.78 is 5.05. The van der Waals surface area contributed by atoms with E-state index in [4.69, 9.17) is 4.74 Å². The van der Waals surface area contributed by atoms with Gasteiger partial charge in [-0.1, -0.05) is 0 Å². The molecule has 122 valence electrons. The fourth-order valence-corrected chi connectivity index (χ4v) is 3.38. The number of amides is 1. The van der Waals surface area contributed by atoms with Crippen LogP contribution in [0.4, 0.5) is 0 Å². The summed E-state index contributed by atoms with van der Waals surface area (Å²) in [6.07, 6.45) is 6.12. The van der Waals surface area contributed by atoms with Gasteiger partial charge in [-0.25, -0.2) is 0 Å². The number of methoxy groups -OCH3 is 1. The number of ether oxygens (including phenoxy) is 1. The molecule has 2 aliphatic rings. The average molecular weight is 297 g/mol. The summed E-state index contributed by atoms with van der Waals surface area (Å²) in [5.41, 5.74) is 0. The van der Waals surface area contributed by atoms with E-state index in [1.54, 1.807) is 7.11 Å². The molecular formula is C16H31N3O2. The van der Waals surface area contributed by atoms with Crippen molar-refractivity contribution in [2.24, 2.45) is 5.92 Å². The highest BCUT2D eigenvalue weighted by Gasteiger charge is 2.24. The van der Waals surface area contributed by atoms with Gasteiger partial charge in [0.05, 0.1) is 13.2 Å². The van der Waals surface area contributed by atoms with E-state index in [2.05, 4.69) is 15.1 Å². The second-order valence-corrected chi connectivity index (χ2v) is 6.38. The molecule has 2 aliphatic heterocycles. The highest BCUT2D eigenvalue weighted by molar-refractivity contribution is 5.78. The van der Waals surface area contributed by atoms with E-state index in [0.29, 0.717) is 18.4 Å². The minimum absolute atomic E-state index is 0.336. The Balaban J connectivity index is 1.66. The number of piperidine rings is 2. The number of nitrogens with zero attached hydrogens (tertiary/aromatic N) is 2. The molecule has 2 saturated heterocycles. The van der Waals surface area contributed by atoms with Crippen molar-refractivity contribution in [3.05, 3.63) is 0 Å². The van der Waals surface area contributed by atoms with Gasteiger partial charge in [-0.15, -0.1) is 0 Å². The van der Waals surface area contributed by atoms with Crippen LogP contribution >= 0.6 is 0 Å². The highest BCUT2D eigenvalue weighted by atomic mass is 16.5. The first kappa shape index (κ1) is 16.7. The van der Waals surface area contributed by atoms with Gasteiger partial charge in [0.1, 0.15) is 0 Å². The van der Waals surface area contributed by atoms with Gasteiger partial charge in [0.15, 0.2) is 0 Å². The molecule has 2 heterocycles. The lowest BCUT2D eigenvalue weighted by Crippen LogP contribution is -2.47. The second kappa shape index (κ2) is 9.38. The Kier molecular flexibility index (Phi) is 7.47. The van der Waals surface area contributed by atoms with Crippen LogP contribution < -0.4 is 5.32 Å². The highest BCUT2D eigenvalue weighted by Crippen LogP contribution is 2.16. The van der Waals surface area contributed by atoms with E-state index in [0.717, 1.165) is 45.9 Å². The zero-order valence-corrected chi connectivity index (χ0v) is 13.5. The number of hydrogen-bond donors (Lipinski definition) is 1. The molecule has 1 atom stereocenters. The Hall–Kier alpha value is -0.650. The molecule has 0 radical (unpaired) electrons. The molecule has 0 aromatic rings. The van der Waals surface area contributed by atoms with E-state index in [-0.39, 0.29) is 0 Å². The fourth-order valence-electron chi connectivity index (χ4n) is 3.38. The lowest BCUT2D eigenvalue weighted by molar-refractivity contribution is -0.133. The molecule has 5 nitrogen and oxygen atoms in total. The second-order valence-electron chi connectivity index (χ2n) is 6.38. The van der Waals surface area contributed by atoms with Crippen molar-refractivity contribution >= 4 is 5.91 Å². The molecule has 1 amide bonds. The zero-order chi connectivity index (χ0) is 14.9. The molecule has 21 heavy (non-hydrogen) atoms. The maximum Gasteiger partial charge on any atom is 0.236 e. The summed E-state index contributed by atoms with van der Waals surface area (Å²) in [6, 6.07) is 0. The van der Waals surface area contributed by atoms with Gasteiger partial charge in [-0.2, -0.15) is 0 Å². The summed E-state index contributed by atoms with van der Waals surface area (Å²) in [5, 5.41) is 3.45. The SMILES string of the molecule is COCCNCC1CCCN(CC(=O)N2CCCCC2)C1. The fraction of sp³-hybridized carbons (Fsp3) is 0.938. The van der Waals surface area contributed by atoms with Crippen LogP contribution in [-0.2, 0) is 9.53 Å². The van der Waals surface area contributed by atoms with Crippen molar-refractivity contribution in [3.8, 4) is 0 Å². The summed E-state index contributed by atoms with van der Waals surface area (Å²) in [4.78, 5) is 16.7. The van der Waals surface area contributed by atoms with Crippen molar-refractivity contribution < 1.29 is 9.53 Å². The number of likely N-dealkylation sites (tertiary alicyclic amines) is 2. The Morgan fingerprint density at radius 2 is 2.00 bits per heavy atom. The van der Waals surface area contributed by atoms with Crippen LogP contribution in [-0.4, -0.2) is 75.2 Å². The minimum Gasteiger partial charge on any atom is -0.383 e. The summed E-state index contributed by atoms with van der Waals surface area (Å²) >= 11 is 0. The number of rotatable bonds is 7. The maximum atomic E-state index is 12.3. The molecule has 1 N–H and O–H groups in total. The van der Waals surface area contributed by atoms with Gasteiger partial charge in [-0.3, -0.25) is 9.69 Å². The van der Waals surface area contributed by atoms with Gasteiger partial charge < -0.3 is 15.0 Å².